The van der Waals surface area contributed by atoms with Crippen LogP contribution >= 0.6 is 23.4 Å². The number of carbonyl (C=O) groups excluding carboxylic acids is 2. The fraction of sp³-hybridized carbons (Fsp3) is 0.440. The molecule has 2 aromatic rings. The van der Waals surface area contributed by atoms with Gasteiger partial charge in [0.15, 0.2) is 11.5 Å². The number of anilines is 1. The Hall–Kier alpha value is -2.42. The van der Waals surface area contributed by atoms with Crippen molar-refractivity contribution in [2.75, 3.05) is 45.0 Å². The summed E-state index contributed by atoms with van der Waals surface area (Å²) in [6.45, 7) is 3.43. The number of fused-ring (bicyclic) bond motifs is 2. The first-order valence-corrected chi connectivity index (χ1v) is 12.7. The van der Waals surface area contributed by atoms with Gasteiger partial charge in [-0.15, -0.1) is 0 Å². The minimum Gasteiger partial charge on any atom is -0.468 e. The zero-order chi connectivity index (χ0) is 23.7. The number of hydrogen-bond donors (Lipinski definition) is 0. The first-order valence-electron chi connectivity index (χ1n) is 11.5. The topological polar surface area (TPSA) is 68.3 Å². The molecule has 7 nitrogen and oxygen atoms in total. The maximum Gasteiger partial charge on any atom is 0.332 e. The number of thioether (sulfide) groups is 1. The molecule has 1 saturated heterocycles. The number of benzene rings is 2. The Bertz CT molecular complexity index is 1110. The number of likely N-dealkylation sites (tertiary alicyclic amines) is 1. The first-order chi connectivity index (χ1) is 16.5. The summed E-state index contributed by atoms with van der Waals surface area (Å²) in [5, 5.41) is 0.552. The largest absolute Gasteiger partial charge is 0.468 e. The second kappa shape index (κ2) is 9.68. The van der Waals surface area contributed by atoms with Crippen molar-refractivity contribution >= 4 is 40.9 Å². The van der Waals surface area contributed by atoms with E-state index in [9.17, 15) is 9.59 Å². The summed E-state index contributed by atoms with van der Waals surface area (Å²) >= 11 is 7.55. The molecular weight excluding hydrogens is 476 g/mol. The highest BCUT2D eigenvalue weighted by atomic mass is 35.5. The first kappa shape index (κ1) is 23.3. The molecule has 0 bridgehead atoms. The lowest BCUT2D eigenvalue weighted by atomic mass is 9.95. The number of rotatable bonds is 6. The molecule has 34 heavy (non-hydrogen) atoms. The minimum atomic E-state index is -1.45. The molecule has 180 valence electrons. The zero-order valence-corrected chi connectivity index (χ0v) is 20.6. The predicted molar refractivity (Wildman–Crippen MR) is 131 cm³/mol. The number of esters is 1. The number of ether oxygens (including phenoxy) is 3. The van der Waals surface area contributed by atoms with Crippen LogP contribution in [0.25, 0.3) is 0 Å². The van der Waals surface area contributed by atoms with Gasteiger partial charge >= 0.3 is 5.97 Å². The lowest BCUT2D eigenvalue weighted by Gasteiger charge is -2.41. The highest BCUT2D eigenvalue weighted by Gasteiger charge is 2.54. The standard InChI is InChI=1S/C25H27ClN2O5S/c1-31-24(30)25(15-17-5-7-20-21(13-17)33-16-32-20)23(29)28(12-11-27-9-3-2-4-10-27)19-14-18(26)6-8-22(19)34-25/h5-8,13-14H,2-4,9-12,15-16H2,1H3. The van der Waals surface area contributed by atoms with Crippen molar-refractivity contribution in [3.63, 3.8) is 0 Å². The third-order valence-electron chi connectivity index (χ3n) is 6.58. The van der Waals surface area contributed by atoms with Crippen molar-refractivity contribution in [1.82, 2.24) is 4.90 Å². The van der Waals surface area contributed by atoms with Gasteiger partial charge in [0.1, 0.15) is 0 Å². The number of halogens is 1. The van der Waals surface area contributed by atoms with Gasteiger partial charge in [-0.1, -0.05) is 35.9 Å². The van der Waals surface area contributed by atoms with Gasteiger partial charge in [0, 0.05) is 29.4 Å². The molecule has 5 rings (SSSR count). The number of nitrogens with zero attached hydrogens (tertiary/aromatic N) is 2. The van der Waals surface area contributed by atoms with Gasteiger partial charge in [0.25, 0.3) is 5.91 Å². The van der Waals surface area contributed by atoms with Crippen molar-refractivity contribution in [2.45, 2.75) is 35.3 Å². The van der Waals surface area contributed by atoms with Crippen LogP contribution in [0.1, 0.15) is 24.8 Å². The van der Waals surface area contributed by atoms with Crippen molar-refractivity contribution in [1.29, 1.82) is 0 Å². The average molecular weight is 503 g/mol. The van der Waals surface area contributed by atoms with Gasteiger partial charge in [0.2, 0.25) is 11.5 Å². The van der Waals surface area contributed by atoms with Crippen LogP contribution < -0.4 is 14.4 Å². The molecule has 0 saturated carbocycles. The second-order valence-electron chi connectivity index (χ2n) is 8.76. The van der Waals surface area contributed by atoms with Crippen molar-refractivity contribution < 1.29 is 23.8 Å². The van der Waals surface area contributed by atoms with E-state index in [2.05, 4.69) is 4.90 Å². The summed E-state index contributed by atoms with van der Waals surface area (Å²) in [7, 11) is 1.33. The van der Waals surface area contributed by atoms with Crippen LogP contribution in [0.15, 0.2) is 41.3 Å². The van der Waals surface area contributed by atoms with Crippen LogP contribution in [0, 0.1) is 0 Å². The van der Waals surface area contributed by atoms with Crippen molar-refractivity contribution in [3.05, 3.63) is 47.0 Å². The molecule has 2 aromatic carbocycles. The van der Waals surface area contributed by atoms with Crippen LogP contribution in [0.4, 0.5) is 5.69 Å². The van der Waals surface area contributed by atoms with Crippen LogP contribution in [-0.2, 0) is 20.7 Å². The van der Waals surface area contributed by atoms with E-state index in [-0.39, 0.29) is 19.1 Å². The highest BCUT2D eigenvalue weighted by Crippen LogP contribution is 2.49. The highest BCUT2D eigenvalue weighted by molar-refractivity contribution is 8.02. The van der Waals surface area contributed by atoms with Gasteiger partial charge in [0.05, 0.1) is 12.8 Å². The quantitative estimate of drug-likeness (QED) is 0.434. The Morgan fingerprint density at radius 3 is 2.68 bits per heavy atom. The molecule has 0 aliphatic carbocycles. The molecule has 0 aromatic heterocycles. The average Bonchev–Trinajstić information content (AvgIpc) is 3.32. The maximum absolute atomic E-state index is 14.1. The molecule has 1 atom stereocenters. The van der Waals surface area contributed by atoms with Gasteiger partial charge in [-0.25, -0.2) is 4.79 Å². The van der Waals surface area contributed by atoms with Crippen LogP contribution in [-0.4, -0.2) is 61.6 Å². The summed E-state index contributed by atoms with van der Waals surface area (Å²) in [6.07, 6.45) is 3.75. The summed E-state index contributed by atoms with van der Waals surface area (Å²) < 4.78 is 14.7. The Balaban J connectivity index is 1.51. The van der Waals surface area contributed by atoms with E-state index in [4.69, 9.17) is 25.8 Å². The monoisotopic (exact) mass is 502 g/mol. The van der Waals surface area contributed by atoms with E-state index in [0.29, 0.717) is 23.1 Å². The lowest BCUT2D eigenvalue weighted by Crippen LogP contribution is -2.57. The number of amides is 1. The van der Waals surface area contributed by atoms with Crippen molar-refractivity contribution in [3.8, 4) is 11.5 Å². The SMILES string of the molecule is COC(=O)C1(Cc2ccc3c(c2)OCO3)Sc2ccc(Cl)cc2N(CCN2CCCCC2)C1=O. The summed E-state index contributed by atoms with van der Waals surface area (Å²) in [4.78, 5) is 32.3. The maximum atomic E-state index is 14.1. The van der Waals surface area contributed by atoms with Crippen LogP contribution in [0.2, 0.25) is 5.02 Å². The predicted octanol–water partition coefficient (Wildman–Crippen LogP) is 4.15. The molecule has 3 aliphatic rings. The number of piperidine rings is 1. The molecule has 0 spiro atoms. The molecule has 1 unspecified atom stereocenters. The van der Waals surface area contributed by atoms with E-state index < -0.39 is 10.7 Å². The third-order valence-corrected chi connectivity index (χ3v) is 8.21. The smallest absolute Gasteiger partial charge is 0.332 e. The Morgan fingerprint density at radius 2 is 1.88 bits per heavy atom. The molecule has 0 N–H and O–H groups in total. The Labute approximate surface area is 208 Å². The van der Waals surface area contributed by atoms with Crippen LogP contribution in [0.5, 0.6) is 11.5 Å². The summed E-state index contributed by atoms with van der Waals surface area (Å²) in [6, 6.07) is 11.0. The third kappa shape index (κ3) is 4.34. The van der Waals surface area contributed by atoms with Crippen LogP contribution in [0.3, 0.4) is 0 Å². The summed E-state index contributed by atoms with van der Waals surface area (Å²) in [5.74, 6) is 0.416. The molecule has 9 heteroatoms. The Kier molecular flexibility index (Phi) is 6.64. The molecule has 3 aliphatic heterocycles. The number of hydrogen-bond acceptors (Lipinski definition) is 7. The van der Waals surface area contributed by atoms with Gasteiger partial charge in [-0.2, -0.15) is 0 Å². The second-order valence-corrected chi connectivity index (χ2v) is 10.5. The fourth-order valence-corrected chi connectivity index (χ4v) is 6.36. The Morgan fingerprint density at radius 1 is 1.09 bits per heavy atom. The molecule has 3 heterocycles. The lowest BCUT2D eigenvalue weighted by molar-refractivity contribution is -0.147. The molecular formula is C25H27ClN2O5S. The number of carbonyl (C=O) groups is 2. The van der Waals surface area contributed by atoms with E-state index in [0.717, 1.165) is 35.8 Å². The summed E-state index contributed by atoms with van der Waals surface area (Å²) in [5.41, 5.74) is 1.54. The molecule has 1 fully saturated rings. The molecule has 1 amide bonds. The van der Waals surface area contributed by atoms with E-state index in [1.165, 1.54) is 38.1 Å². The number of methoxy groups -OCH3 is 1. The van der Waals surface area contributed by atoms with Gasteiger partial charge < -0.3 is 24.0 Å². The van der Waals surface area contributed by atoms with Gasteiger partial charge in [-0.3, -0.25) is 4.79 Å². The zero-order valence-electron chi connectivity index (χ0n) is 19.0. The fourth-order valence-electron chi connectivity index (χ4n) is 4.81. The minimum absolute atomic E-state index is 0.160. The van der Waals surface area contributed by atoms with Crippen molar-refractivity contribution in [2.24, 2.45) is 0 Å². The van der Waals surface area contributed by atoms with E-state index in [1.54, 1.807) is 17.0 Å². The normalized spacial score (nSPS) is 21.9. The van der Waals surface area contributed by atoms with E-state index in [1.807, 2.05) is 24.3 Å². The van der Waals surface area contributed by atoms with Gasteiger partial charge in [-0.05, 0) is 61.8 Å². The molecule has 0 radical (unpaired) electrons. The van der Waals surface area contributed by atoms with E-state index >= 15 is 0 Å².